The maximum atomic E-state index is 5.95. The van der Waals surface area contributed by atoms with E-state index in [2.05, 4.69) is 36.3 Å². The Morgan fingerprint density at radius 3 is 3.00 bits per heavy atom. The third-order valence-electron chi connectivity index (χ3n) is 2.83. The Morgan fingerprint density at radius 1 is 1.44 bits per heavy atom. The van der Waals surface area contributed by atoms with Gasteiger partial charge in [0.1, 0.15) is 0 Å². The maximum absolute atomic E-state index is 5.95. The van der Waals surface area contributed by atoms with Gasteiger partial charge in [0.25, 0.3) is 0 Å². The van der Waals surface area contributed by atoms with Gasteiger partial charge in [-0.15, -0.1) is 0 Å². The molecule has 1 aliphatic rings. The molecule has 1 aromatic carbocycles. The number of hydrogen-bond acceptors (Lipinski definition) is 2. The number of likely N-dealkylation sites (N-methyl/N-ethyl adjacent to an activating group) is 1. The fourth-order valence-electron chi connectivity index (χ4n) is 1.95. The van der Waals surface area contributed by atoms with E-state index in [1.807, 2.05) is 18.2 Å². The Kier molecular flexibility index (Phi) is 3.52. The molecule has 1 N–H and O–H groups in total. The summed E-state index contributed by atoms with van der Waals surface area (Å²) in [5, 5.41) is 4.27. The lowest BCUT2D eigenvalue weighted by molar-refractivity contribution is 0.304. The highest BCUT2D eigenvalue weighted by molar-refractivity contribution is 6.30. The lowest BCUT2D eigenvalue weighted by atomic mass is 10.1. The Morgan fingerprint density at radius 2 is 2.25 bits per heavy atom. The van der Waals surface area contributed by atoms with Crippen LogP contribution in [0.1, 0.15) is 18.9 Å². The summed E-state index contributed by atoms with van der Waals surface area (Å²) in [6, 6.07) is 5.94. The van der Waals surface area contributed by atoms with Gasteiger partial charge >= 0.3 is 0 Å². The number of benzene rings is 1. The van der Waals surface area contributed by atoms with Crippen molar-refractivity contribution in [3.8, 4) is 0 Å². The molecule has 1 atom stereocenters. The quantitative estimate of drug-likeness (QED) is 0.865. The number of halogens is 1. The van der Waals surface area contributed by atoms with Gasteiger partial charge in [-0.3, -0.25) is 4.90 Å². The molecule has 0 aliphatic carbocycles. The average molecular weight is 237 g/mol. The first-order valence-corrected chi connectivity index (χ1v) is 6.03. The molecule has 0 fully saturated rings. The molecule has 3 heteroatoms. The fraction of sp³-hybridized carbons (Fsp3) is 0.385. The molecule has 0 radical (unpaired) electrons. The second-order valence-electron chi connectivity index (χ2n) is 4.16. The molecule has 0 saturated carbocycles. The summed E-state index contributed by atoms with van der Waals surface area (Å²) in [7, 11) is 2.13. The molecular formula is C13H17ClN2. The number of nitrogens with one attached hydrogen (secondary N) is 1. The zero-order valence-electron chi connectivity index (χ0n) is 9.70. The van der Waals surface area contributed by atoms with E-state index in [1.165, 1.54) is 0 Å². The normalized spacial score (nSPS) is 18.4. The number of rotatable bonds is 3. The molecule has 0 aromatic heterocycles. The van der Waals surface area contributed by atoms with Gasteiger partial charge < -0.3 is 5.32 Å². The minimum Gasteiger partial charge on any atom is -0.366 e. The number of hydrogen-bond donors (Lipinski definition) is 1. The summed E-state index contributed by atoms with van der Waals surface area (Å²) in [5.74, 6) is 0. The van der Waals surface area contributed by atoms with Crippen molar-refractivity contribution in [2.45, 2.75) is 19.5 Å². The van der Waals surface area contributed by atoms with Crippen molar-refractivity contribution in [2.24, 2.45) is 0 Å². The van der Waals surface area contributed by atoms with E-state index in [0.717, 1.165) is 29.2 Å². The fourth-order valence-corrected chi connectivity index (χ4v) is 2.13. The van der Waals surface area contributed by atoms with Crippen LogP contribution in [0.25, 0.3) is 6.08 Å². The van der Waals surface area contributed by atoms with Crippen LogP contribution in [0.3, 0.4) is 0 Å². The van der Waals surface area contributed by atoms with E-state index in [9.17, 15) is 0 Å². The highest BCUT2D eigenvalue weighted by Gasteiger charge is 2.15. The molecule has 2 rings (SSSR count). The van der Waals surface area contributed by atoms with Crippen LogP contribution in [0, 0.1) is 0 Å². The first kappa shape index (κ1) is 11.5. The van der Waals surface area contributed by atoms with Crippen molar-refractivity contribution in [1.29, 1.82) is 0 Å². The molecule has 16 heavy (non-hydrogen) atoms. The summed E-state index contributed by atoms with van der Waals surface area (Å²) in [6.45, 7) is 3.28. The van der Waals surface area contributed by atoms with Crippen LogP contribution in [0.2, 0.25) is 5.02 Å². The Balaban J connectivity index is 2.15. The van der Waals surface area contributed by atoms with E-state index < -0.39 is 0 Å². The van der Waals surface area contributed by atoms with E-state index in [1.54, 1.807) is 0 Å². The van der Waals surface area contributed by atoms with Crippen molar-refractivity contribution >= 4 is 23.4 Å². The molecule has 2 nitrogen and oxygen atoms in total. The largest absolute Gasteiger partial charge is 0.366 e. The monoisotopic (exact) mass is 236 g/mol. The maximum Gasteiger partial charge on any atom is 0.0987 e. The summed E-state index contributed by atoms with van der Waals surface area (Å²) >= 11 is 5.95. The smallest absolute Gasteiger partial charge is 0.0987 e. The Bertz CT molecular complexity index is 401. The van der Waals surface area contributed by atoms with Crippen LogP contribution >= 0.6 is 11.6 Å². The Hall–Kier alpha value is -0.990. The number of anilines is 1. The Labute approximate surface area is 102 Å². The standard InChI is InChI=1S/C13H17ClN2/c1-3-8-16(2)13-7-4-10-9-11(14)5-6-12(10)15-13/h4-7,9,13,15H,3,8H2,1-2H3. The molecule has 1 aromatic rings. The molecule has 0 spiro atoms. The summed E-state index contributed by atoms with van der Waals surface area (Å²) in [5.41, 5.74) is 2.31. The molecule has 1 aliphatic heterocycles. The van der Waals surface area contributed by atoms with Gasteiger partial charge in [-0.2, -0.15) is 0 Å². The van der Waals surface area contributed by atoms with Gasteiger partial charge in [0, 0.05) is 10.7 Å². The molecule has 0 saturated heterocycles. The third kappa shape index (κ3) is 2.39. The van der Waals surface area contributed by atoms with Crippen molar-refractivity contribution in [2.75, 3.05) is 18.9 Å². The van der Waals surface area contributed by atoms with Gasteiger partial charge in [-0.25, -0.2) is 0 Å². The van der Waals surface area contributed by atoms with E-state index >= 15 is 0 Å². The van der Waals surface area contributed by atoms with E-state index in [-0.39, 0.29) is 6.17 Å². The van der Waals surface area contributed by atoms with Crippen LogP contribution in [-0.4, -0.2) is 24.7 Å². The molecular weight excluding hydrogens is 220 g/mol. The topological polar surface area (TPSA) is 15.3 Å². The zero-order valence-corrected chi connectivity index (χ0v) is 10.5. The van der Waals surface area contributed by atoms with E-state index in [0.29, 0.717) is 0 Å². The predicted molar refractivity (Wildman–Crippen MR) is 70.8 cm³/mol. The minimum atomic E-state index is 0.286. The van der Waals surface area contributed by atoms with Crippen molar-refractivity contribution in [1.82, 2.24) is 4.90 Å². The first-order chi connectivity index (χ1) is 7.70. The van der Waals surface area contributed by atoms with Crippen LogP contribution in [0.5, 0.6) is 0 Å². The lowest BCUT2D eigenvalue weighted by Crippen LogP contribution is -2.38. The van der Waals surface area contributed by atoms with Gasteiger partial charge in [0.15, 0.2) is 0 Å². The van der Waals surface area contributed by atoms with Crippen LogP contribution in [-0.2, 0) is 0 Å². The molecule has 1 unspecified atom stereocenters. The second-order valence-corrected chi connectivity index (χ2v) is 4.60. The highest BCUT2D eigenvalue weighted by atomic mass is 35.5. The molecule has 1 heterocycles. The van der Waals surface area contributed by atoms with Crippen molar-refractivity contribution in [3.63, 3.8) is 0 Å². The van der Waals surface area contributed by atoms with Crippen molar-refractivity contribution in [3.05, 3.63) is 34.9 Å². The average Bonchev–Trinajstić information content (AvgIpc) is 2.28. The van der Waals surface area contributed by atoms with Gasteiger partial charge in [0.05, 0.1) is 6.17 Å². The van der Waals surface area contributed by atoms with Gasteiger partial charge in [-0.1, -0.05) is 24.6 Å². The summed E-state index contributed by atoms with van der Waals surface area (Å²) in [6.07, 6.45) is 5.76. The molecule has 0 bridgehead atoms. The SMILES string of the molecule is CCCN(C)C1C=Cc2cc(Cl)ccc2N1. The molecule has 0 amide bonds. The zero-order chi connectivity index (χ0) is 11.5. The predicted octanol–water partition coefficient (Wildman–Crippen LogP) is 3.45. The summed E-state index contributed by atoms with van der Waals surface area (Å²) in [4.78, 5) is 2.30. The van der Waals surface area contributed by atoms with Crippen LogP contribution in [0.15, 0.2) is 24.3 Å². The van der Waals surface area contributed by atoms with Crippen LogP contribution < -0.4 is 5.32 Å². The minimum absolute atomic E-state index is 0.286. The lowest BCUT2D eigenvalue weighted by Gasteiger charge is -2.30. The van der Waals surface area contributed by atoms with Gasteiger partial charge in [-0.05, 0) is 49.9 Å². The number of nitrogens with zero attached hydrogens (tertiary/aromatic N) is 1. The van der Waals surface area contributed by atoms with Crippen molar-refractivity contribution < 1.29 is 0 Å². The van der Waals surface area contributed by atoms with E-state index in [4.69, 9.17) is 11.6 Å². The summed E-state index contributed by atoms with van der Waals surface area (Å²) < 4.78 is 0. The number of fused-ring (bicyclic) bond motifs is 1. The third-order valence-corrected chi connectivity index (χ3v) is 3.06. The first-order valence-electron chi connectivity index (χ1n) is 5.65. The van der Waals surface area contributed by atoms with Crippen LogP contribution in [0.4, 0.5) is 5.69 Å². The highest BCUT2D eigenvalue weighted by Crippen LogP contribution is 2.26. The second kappa shape index (κ2) is 4.89. The molecule has 86 valence electrons. The van der Waals surface area contributed by atoms with Gasteiger partial charge in [0.2, 0.25) is 0 Å².